The summed E-state index contributed by atoms with van der Waals surface area (Å²) < 4.78 is 13.2. The molecule has 0 amide bonds. The molecule has 2 aliphatic heterocycles. The lowest BCUT2D eigenvalue weighted by atomic mass is 9.65. The van der Waals surface area contributed by atoms with Crippen molar-refractivity contribution in [2.45, 2.75) is 77.6 Å². The van der Waals surface area contributed by atoms with Gasteiger partial charge in [-0.05, 0) is 73.3 Å². The smallest absolute Gasteiger partial charge is 0.373 e. The fourth-order valence-electron chi connectivity index (χ4n) is 8.57. The highest BCUT2D eigenvalue weighted by atomic mass is 28.4. The quantitative estimate of drug-likeness (QED) is 0.669. The molecule has 5 heteroatoms. The van der Waals surface area contributed by atoms with Crippen LogP contribution in [0, 0.1) is 47.3 Å². The highest BCUT2D eigenvalue weighted by Crippen LogP contribution is 2.49. The molecule has 29 heavy (non-hydrogen) atoms. The molecule has 0 bridgehead atoms. The zero-order chi connectivity index (χ0) is 20.8. The topological polar surface area (TPSA) is 42.5 Å². The van der Waals surface area contributed by atoms with E-state index in [1.54, 1.807) is 0 Å². The van der Waals surface area contributed by atoms with Crippen LogP contribution in [-0.4, -0.2) is 47.2 Å². The molecule has 2 saturated carbocycles. The molecule has 0 spiro atoms. The molecule has 0 aromatic heterocycles. The maximum Gasteiger partial charge on any atom is 0.373 e. The molecule has 4 fully saturated rings. The first kappa shape index (κ1) is 22.3. The highest BCUT2D eigenvalue weighted by molar-refractivity contribution is 6.71. The maximum atomic E-state index is 6.60. The second-order valence-corrected chi connectivity index (χ2v) is 14.7. The molecule has 2 heterocycles. The van der Waals surface area contributed by atoms with Crippen molar-refractivity contribution in [3.63, 3.8) is 0 Å². The van der Waals surface area contributed by atoms with Gasteiger partial charge in [-0.3, -0.25) is 0 Å². The van der Waals surface area contributed by atoms with Crippen LogP contribution in [0.1, 0.15) is 66.2 Å². The van der Waals surface area contributed by atoms with Crippen LogP contribution in [0.4, 0.5) is 0 Å². The lowest BCUT2D eigenvalue weighted by molar-refractivity contribution is 0.0210. The number of piperidine rings is 2. The van der Waals surface area contributed by atoms with Crippen LogP contribution < -0.4 is 10.6 Å². The van der Waals surface area contributed by atoms with E-state index >= 15 is 0 Å². The number of rotatable bonds is 4. The van der Waals surface area contributed by atoms with Gasteiger partial charge in [-0.15, -0.1) is 0 Å². The third kappa shape index (κ3) is 3.67. The molecular weight excluding hydrogens is 376 g/mol. The standard InChI is InChI=1S/C24H46N2O2Si/c1-15-9-7-11-19-21(15)17(3)13-25-23(19)29(27-5,28-6)24-20-12-8-10-16(2)22(20)18(4)14-26-24/h15-26H,7-14H2,1-6H3. The first-order valence-electron chi connectivity index (χ1n) is 12.5. The molecule has 0 aromatic rings. The van der Waals surface area contributed by atoms with Crippen molar-refractivity contribution in [3.8, 4) is 0 Å². The number of nitrogens with one attached hydrogen (secondary N) is 2. The SMILES string of the molecule is CO[Si](OC)(C1NCC(C)C2C(C)CCCC21)C1NCC(C)C2C(C)CCCC21. The Kier molecular flexibility index (Phi) is 6.83. The largest absolute Gasteiger partial charge is 0.396 e. The summed E-state index contributed by atoms with van der Waals surface area (Å²) >= 11 is 0. The molecule has 0 aromatic carbocycles. The van der Waals surface area contributed by atoms with Crippen molar-refractivity contribution in [3.05, 3.63) is 0 Å². The van der Waals surface area contributed by atoms with Crippen LogP contribution in [0.5, 0.6) is 0 Å². The van der Waals surface area contributed by atoms with Crippen LogP contribution in [0.15, 0.2) is 0 Å². The lowest BCUT2D eigenvalue weighted by Crippen LogP contribution is -2.78. The first-order chi connectivity index (χ1) is 13.9. The summed E-state index contributed by atoms with van der Waals surface area (Å²) in [7, 11) is 1.41. The molecule has 4 aliphatic rings. The summed E-state index contributed by atoms with van der Waals surface area (Å²) in [5.41, 5.74) is 0.815. The minimum Gasteiger partial charge on any atom is -0.396 e. The third-order valence-corrected chi connectivity index (χ3v) is 14.0. The average molecular weight is 423 g/mol. The Bertz CT molecular complexity index is 505. The molecule has 168 valence electrons. The summed E-state index contributed by atoms with van der Waals surface area (Å²) in [4.78, 5) is 0. The van der Waals surface area contributed by atoms with Gasteiger partial charge in [-0.25, -0.2) is 0 Å². The van der Waals surface area contributed by atoms with Gasteiger partial charge in [0.1, 0.15) is 0 Å². The first-order valence-corrected chi connectivity index (χ1v) is 14.5. The van der Waals surface area contributed by atoms with Crippen LogP contribution in [-0.2, 0) is 8.85 Å². The molecule has 10 atom stereocenters. The van der Waals surface area contributed by atoms with Crippen LogP contribution in [0.2, 0.25) is 0 Å². The van der Waals surface area contributed by atoms with Crippen molar-refractivity contribution < 1.29 is 8.85 Å². The van der Waals surface area contributed by atoms with E-state index in [2.05, 4.69) is 38.3 Å². The summed E-state index contributed by atoms with van der Waals surface area (Å²) in [6, 6.07) is 0. The zero-order valence-corrected chi connectivity index (χ0v) is 20.7. The minimum absolute atomic E-state index is 0.408. The Morgan fingerprint density at radius 1 is 0.621 bits per heavy atom. The second-order valence-electron chi connectivity index (χ2n) is 11.2. The molecule has 4 rings (SSSR count). The van der Waals surface area contributed by atoms with Crippen LogP contribution in [0.3, 0.4) is 0 Å². The minimum atomic E-state index is -2.50. The molecule has 2 saturated heterocycles. The van der Waals surface area contributed by atoms with Gasteiger partial charge in [0.05, 0.1) is 11.3 Å². The van der Waals surface area contributed by atoms with E-state index in [-0.39, 0.29) is 0 Å². The van der Waals surface area contributed by atoms with Gasteiger partial charge in [0.15, 0.2) is 0 Å². The fourth-order valence-corrected chi connectivity index (χ4v) is 12.9. The Hall–Kier alpha value is 0.0569. The summed E-state index contributed by atoms with van der Waals surface area (Å²) in [6.07, 6.45) is 8.20. The summed E-state index contributed by atoms with van der Waals surface area (Å²) in [6.45, 7) is 12.2. The maximum absolute atomic E-state index is 6.60. The molecule has 2 aliphatic carbocycles. The van der Waals surface area contributed by atoms with Crippen LogP contribution in [0.25, 0.3) is 0 Å². The van der Waals surface area contributed by atoms with Gasteiger partial charge in [-0.2, -0.15) is 0 Å². The van der Waals surface area contributed by atoms with Gasteiger partial charge in [0.2, 0.25) is 0 Å². The van der Waals surface area contributed by atoms with E-state index in [4.69, 9.17) is 8.85 Å². The molecular formula is C24H46N2O2Si. The molecule has 4 nitrogen and oxygen atoms in total. The molecule has 2 N–H and O–H groups in total. The average Bonchev–Trinajstić information content (AvgIpc) is 2.72. The van der Waals surface area contributed by atoms with Gasteiger partial charge < -0.3 is 19.5 Å². The van der Waals surface area contributed by atoms with Crippen molar-refractivity contribution in [1.29, 1.82) is 0 Å². The third-order valence-electron chi connectivity index (χ3n) is 9.69. The Balaban J connectivity index is 1.68. The Labute approximate surface area is 180 Å². The van der Waals surface area contributed by atoms with E-state index < -0.39 is 8.56 Å². The van der Waals surface area contributed by atoms with Gasteiger partial charge in [0.25, 0.3) is 0 Å². The van der Waals surface area contributed by atoms with E-state index in [9.17, 15) is 0 Å². The molecule has 0 radical (unpaired) electrons. The van der Waals surface area contributed by atoms with Crippen molar-refractivity contribution in [1.82, 2.24) is 10.6 Å². The highest BCUT2D eigenvalue weighted by Gasteiger charge is 2.62. The second kappa shape index (κ2) is 8.89. The van der Waals surface area contributed by atoms with Crippen molar-refractivity contribution in [2.24, 2.45) is 47.3 Å². The lowest BCUT2D eigenvalue weighted by Gasteiger charge is -2.57. The predicted octanol–water partition coefficient (Wildman–Crippen LogP) is 4.12. The number of hydrogen-bond donors (Lipinski definition) is 2. The van der Waals surface area contributed by atoms with E-state index in [0.29, 0.717) is 23.2 Å². The molecule has 10 unspecified atom stereocenters. The predicted molar refractivity (Wildman–Crippen MR) is 122 cm³/mol. The van der Waals surface area contributed by atoms with Crippen molar-refractivity contribution in [2.75, 3.05) is 27.3 Å². The van der Waals surface area contributed by atoms with Crippen molar-refractivity contribution >= 4 is 8.56 Å². The summed E-state index contributed by atoms with van der Waals surface area (Å²) in [5.74, 6) is 6.21. The number of hydrogen-bond acceptors (Lipinski definition) is 4. The van der Waals surface area contributed by atoms with Gasteiger partial charge in [-0.1, -0.05) is 53.4 Å². The number of fused-ring (bicyclic) bond motifs is 2. The van der Waals surface area contributed by atoms with E-state index in [1.807, 2.05) is 14.2 Å². The Morgan fingerprint density at radius 2 is 1.03 bits per heavy atom. The normalized spacial score (nSPS) is 48.6. The van der Waals surface area contributed by atoms with Gasteiger partial charge in [0, 0.05) is 14.2 Å². The Morgan fingerprint density at radius 3 is 1.41 bits per heavy atom. The fraction of sp³-hybridized carbons (Fsp3) is 1.00. The monoisotopic (exact) mass is 422 g/mol. The summed E-state index contributed by atoms with van der Waals surface area (Å²) in [5, 5.41) is 8.04. The zero-order valence-electron chi connectivity index (χ0n) is 19.7. The van der Waals surface area contributed by atoms with Gasteiger partial charge >= 0.3 is 8.56 Å². The van der Waals surface area contributed by atoms with E-state index in [0.717, 1.165) is 48.6 Å². The van der Waals surface area contributed by atoms with Crippen LogP contribution >= 0.6 is 0 Å². The van der Waals surface area contributed by atoms with E-state index in [1.165, 1.54) is 38.5 Å².